The molecule has 0 aliphatic carbocycles. The molecule has 0 fully saturated rings. The second-order valence-electron chi connectivity index (χ2n) is 5.42. The van der Waals surface area contributed by atoms with Crippen molar-refractivity contribution < 1.29 is 18.6 Å². The Morgan fingerprint density at radius 2 is 1.69 bits per heavy atom. The van der Waals surface area contributed by atoms with Gasteiger partial charge in [0, 0.05) is 6.07 Å². The van der Waals surface area contributed by atoms with E-state index in [0.29, 0.717) is 38.5 Å². The van der Waals surface area contributed by atoms with Crippen molar-refractivity contribution in [2.75, 3.05) is 21.3 Å². The minimum absolute atomic E-state index is 0.138. The third kappa shape index (κ3) is 3.46. The van der Waals surface area contributed by atoms with Crippen LogP contribution in [0.15, 0.2) is 50.1 Å². The normalized spacial score (nSPS) is 11.1. The zero-order valence-electron chi connectivity index (χ0n) is 14.5. The standard InChI is InChI=1S/C20H17BrO5/c1-23-13-6-7-14-17(11-13)26-16(19(21)20(14)22)9-5-12-4-8-15(24-2)18(10-12)25-3/h4-11H,1-3H3/b9-5+. The first-order valence-electron chi connectivity index (χ1n) is 7.78. The molecule has 0 aliphatic rings. The number of hydrogen-bond acceptors (Lipinski definition) is 5. The van der Waals surface area contributed by atoms with Crippen molar-refractivity contribution in [2.45, 2.75) is 0 Å². The summed E-state index contributed by atoms with van der Waals surface area (Å²) in [5.74, 6) is 2.32. The maximum atomic E-state index is 12.5. The summed E-state index contributed by atoms with van der Waals surface area (Å²) < 4.78 is 22.0. The smallest absolute Gasteiger partial charge is 0.207 e. The monoisotopic (exact) mass is 416 g/mol. The van der Waals surface area contributed by atoms with E-state index in [9.17, 15) is 4.79 Å². The molecule has 5 nitrogen and oxygen atoms in total. The van der Waals surface area contributed by atoms with Crippen molar-refractivity contribution in [3.05, 3.63) is 62.4 Å². The van der Waals surface area contributed by atoms with E-state index in [1.54, 1.807) is 45.6 Å². The van der Waals surface area contributed by atoms with Crippen LogP contribution in [0.25, 0.3) is 23.1 Å². The molecule has 0 amide bonds. The summed E-state index contributed by atoms with van der Waals surface area (Å²) in [5.41, 5.74) is 1.20. The third-order valence-electron chi connectivity index (χ3n) is 3.90. The van der Waals surface area contributed by atoms with Gasteiger partial charge in [-0.2, -0.15) is 0 Å². The highest BCUT2D eigenvalue weighted by Gasteiger charge is 2.11. The van der Waals surface area contributed by atoms with Gasteiger partial charge in [0.2, 0.25) is 5.43 Å². The quantitative estimate of drug-likeness (QED) is 0.600. The van der Waals surface area contributed by atoms with E-state index in [1.807, 2.05) is 24.3 Å². The maximum absolute atomic E-state index is 12.5. The average Bonchev–Trinajstić information content (AvgIpc) is 2.68. The number of fused-ring (bicyclic) bond motifs is 1. The fourth-order valence-electron chi connectivity index (χ4n) is 2.53. The second kappa shape index (κ2) is 7.66. The molecule has 0 saturated carbocycles. The van der Waals surface area contributed by atoms with Crippen LogP contribution in [0.2, 0.25) is 0 Å². The zero-order valence-corrected chi connectivity index (χ0v) is 16.1. The first-order valence-corrected chi connectivity index (χ1v) is 8.57. The summed E-state index contributed by atoms with van der Waals surface area (Å²) in [6, 6.07) is 10.6. The van der Waals surface area contributed by atoms with Crippen molar-refractivity contribution >= 4 is 39.1 Å². The lowest BCUT2D eigenvalue weighted by atomic mass is 10.1. The molecule has 134 valence electrons. The lowest BCUT2D eigenvalue weighted by Crippen LogP contribution is -2.04. The van der Waals surface area contributed by atoms with Gasteiger partial charge >= 0.3 is 0 Å². The number of rotatable bonds is 5. The van der Waals surface area contributed by atoms with Gasteiger partial charge in [0.25, 0.3) is 0 Å². The van der Waals surface area contributed by atoms with E-state index in [-0.39, 0.29) is 5.43 Å². The molecule has 0 radical (unpaired) electrons. The number of benzene rings is 2. The molecule has 6 heteroatoms. The summed E-state index contributed by atoms with van der Waals surface area (Å²) >= 11 is 3.33. The van der Waals surface area contributed by atoms with Crippen LogP contribution >= 0.6 is 15.9 Å². The fourth-order valence-corrected chi connectivity index (χ4v) is 2.96. The topological polar surface area (TPSA) is 57.9 Å². The molecule has 0 aliphatic heterocycles. The van der Waals surface area contributed by atoms with Crippen LogP contribution in [0.3, 0.4) is 0 Å². The average molecular weight is 417 g/mol. The van der Waals surface area contributed by atoms with Crippen LogP contribution in [0.4, 0.5) is 0 Å². The number of halogens is 1. The van der Waals surface area contributed by atoms with Gasteiger partial charge in [-0.3, -0.25) is 4.79 Å². The molecule has 0 spiro atoms. The van der Waals surface area contributed by atoms with E-state index < -0.39 is 0 Å². The van der Waals surface area contributed by atoms with Crippen LogP contribution in [0.1, 0.15) is 11.3 Å². The molecule has 0 unspecified atom stereocenters. The predicted molar refractivity (Wildman–Crippen MR) is 105 cm³/mol. The van der Waals surface area contributed by atoms with E-state index in [0.717, 1.165) is 5.56 Å². The molecule has 3 aromatic rings. The van der Waals surface area contributed by atoms with Crippen molar-refractivity contribution in [3.63, 3.8) is 0 Å². The molecule has 0 saturated heterocycles. The molecule has 1 heterocycles. The highest BCUT2D eigenvalue weighted by Crippen LogP contribution is 2.29. The molecule has 0 atom stereocenters. The van der Waals surface area contributed by atoms with Gasteiger partial charge in [0.1, 0.15) is 21.6 Å². The highest BCUT2D eigenvalue weighted by molar-refractivity contribution is 9.10. The van der Waals surface area contributed by atoms with E-state index in [2.05, 4.69) is 15.9 Å². The Morgan fingerprint density at radius 3 is 2.38 bits per heavy atom. The zero-order chi connectivity index (χ0) is 18.7. The largest absolute Gasteiger partial charge is 0.497 e. The Hall–Kier alpha value is -2.73. The summed E-state index contributed by atoms with van der Waals surface area (Å²) in [6.45, 7) is 0. The van der Waals surface area contributed by atoms with Crippen LogP contribution in [0.5, 0.6) is 17.2 Å². The molecule has 0 N–H and O–H groups in total. The van der Waals surface area contributed by atoms with Crippen molar-refractivity contribution in [1.29, 1.82) is 0 Å². The fraction of sp³-hybridized carbons (Fsp3) is 0.150. The first kappa shape index (κ1) is 18.1. The van der Waals surface area contributed by atoms with Gasteiger partial charge in [-0.05, 0) is 51.8 Å². The first-order chi connectivity index (χ1) is 12.6. The molecule has 0 bridgehead atoms. The minimum atomic E-state index is -0.138. The summed E-state index contributed by atoms with van der Waals surface area (Å²) in [5, 5.41) is 0.487. The van der Waals surface area contributed by atoms with Crippen LogP contribution in [-0.2, 0) is 0 Å². The Labute approximate surface area is 158 Å². The Morgan fingerprint density at radius 1 is 0.923 bits per heavy atom. The SMILES string of the molecule is COc1ccc2c(=O)c(Br)c(/C=C/c3ccc(OC)c(OC)c3)oc2c1. The summed E-state index contributed by atoms with van der Waals surface area (Å²) in [7, 11) is 4.73. The Bertz CT molecular complexity index is 1040. The molecule has 26 heavy (non-hydrogen) atoms. The second-order valence-corrected chi connectivity index (χ2v) is 6.21. The lowest BCUT2D eigenvalue weighted by molar-refractivity contribution is 0.355. The van der Waals surface area contributed by atoms with Gasteiger partial charge in [0.15, 0.2) is 11.5 Å². The molecule has 2 aromatic carbocycles. The third-order valence-corrected chi connectivity index (χ3v) is 4.65. The van der Waals surface area contributed by atoms with Crippen molar-refractivity contribution in [2.24, 2.45) is 0 Å². The van der Waals surface area contributed by atoms with Crippen molar-refractivity contribution in [1.82, 2.24) is 0 Å². The molecule has 3 rings (SSSR count). The van der Waals surface area contributed by atoms with Crippen LogP contribution < -0.4 is 19.6 Å². The molecular weight excluding hydrogens is 400 g/mol. The van der Waals surface area contributed by atoms with Gasteiger partial charge in [-0.25, -0.2) is 0 Å². The Balaban J connectivity index is 2.04. The minimum Gasteiger partial charge on any atom is -0.497 e. The van der Waals surface area contributed by atoms with E-state index >= 15 is 0 Å². The number of hydrogen-bond donors (Lipinski definition) is 0. The van der Waals surface area contributed by atoms with Gasteiger partial charge in [-0.1, -0.05) is 12.1 Å². The maximum Gasteiger partial charge on any atom is 0.207 e. The Kier molecular flexibility index (Phi) is 5.32. The van der Waals surface area contributed by atoms with Crippen molar-refractivity contribution in [3.8, 4) is 17.2 Å². The number of ether oxygens (including phenoxy) is 3. The van der Waals surface area contributed by atoms with E-state index in [1.165, 1.54) is 0 Å². The molecular formula is C20H17BrO5. The highest BCUT2D eigenvalue weighted by atomic mass is 79.9. The summed E-state index contributed by atoms with van der Waals surface area (Å²) in [4.78, 5) is 12.5. The summed E-state index contributed by atoms with van der Waals surface area (Å²) in [6.07, 6.45) is 3.56. The van der Waals surface area contributed by atoms with Gasteiger partial charge < -0.3 is 18.6 Å². The van der Waals surface area contributed by atoms with E-state index in [4.69, 9.17) is 18.6 Å². The van der Waals surface area contributed by atoms with Crippen LogP contribution in [0, 0.1) is 0 Å². The van der Waals surface area contributed by atoms with Gasteiger partial charge in [0.05, 0.1) is 26.7 Å². The van der Waals surface area contributed by atoms with Gasteiger partial charge in [-0.15, -0.1) is 0 Å². The lowest BCUT2D eigenvalue weighted by Gasteiger charge is -2.08. The predicted octanol–water partition coefficient (Wildman–Crippen LogP) is 4.75. The molecule has 1 aromatic heterocycles. The number of methoxy groups -OCH3 is 3. The van der Waals surface area contributed by atoms with Crippen LogP contribution in [-0.4, -0.2) is 21.3 Å².